The van der Waals surface area contributed by atoms with E-state index in [0.29, 0.717) is 17.9 Å². The Hall–Kier alpha value is -1.96. The van der Waals surface area contributed by atoms with Crippen LogP contribution in [-0.2, 0) is 10.0 Å². The fourth-order valence-electron chi connectivity index (χ4n) is 1.80. The molecule has 0 aliphatic heterocycles. The second-order valence-corrected chi connectivity index (χ2v) is 6.95. The van der Waals surface area contributed by atoms with Gasteiger partial charge in [-0.1, -0.05) is 19.4 Å². The molecule has 1 atom stereocenters. The second kappa shape index (κ2) is 8.47. The van der Waals surface area contributed by atoms with Crippen molar-refractivity contribution < 1.29 is 23.1 Å². The van der Waals surface area contributed by atoms with Crippen LogP contribution in [0.15, 0.2) is 24.3 Å². The molecule has 0 saturated heterocycles. The average molecular weight is 330 g/mol. The first-order valence-corrected chi connectivity index (χ1v) is 8.61. The Morgan fingerprint density at radius 1 is 1.41 bits per heavy atom. The zero-order valence-electron chi connectivity index (χ0n) is 12.7. The first kappa shape index (κ1) is 18.1. The Balaban J connectivity index is 2.62. The van der Waals surface area contributed by atoms with Gasteiger partial charge in [-0.3, -0.25) is 4.72 Å². The number of benzene rings is 1. The Bertz CT molecular complexity index is 589. The van der Waals surface area contributed by atoms with Crippen molar-refractivity contribution >= 4 is 21.8 Å². The number of carboxylic acid groups (broad SMARTS) is 1. The molecule has 0 aromatic heterocycles. The zero-order chi connectivity index (χ0) is 16.6. The minimum Gasteiger partial charge on any atom is -0.492 e. The van der Waals surface area contributed by atoms with Crippen LogP contribution in [0.1, 0.15) is 26.7 Å². The highest BCUT2D eigenvalue weighted by Crippen LogP contribution is 2.20. The van der Waals surface area contributed by atoms with Gasteiger partial charge in [0.1, 0.15) is 12.4 Å². The van der Waals surface area contributed by atoms with E-state index < -0.39 is 21.4 Å². The van der Waals surface area contributed by atoms with Crippen LogP contribution in [0.25, 0.3) is 0 Å². The molecule has 1 unspecified atom stereocenters. The van der Waals surface area contributed by atoms with Crippen LogP contribution in [0.2, 0.25) is 0 Å². The summed E-state index contributed by atoms with van der Waals surface area (Å²) < 4.78 is 32.1. The van der Waals surface area contributed by atoms with Gasteiger partial charge in [0, 0.05) is 6.07 Å². The van der Waals surface area contributed by atoms with Gasteiger partial charge < -0.3 is 15.2 Å². The van der Waals surface area contributed by atoms with E-state index in [1.807, 2.05) is 6.92 Å². The molecule has 0 aliphatic carbocycles. The smallest absolute Gasteiger partial charge is 0.404 e. The van der Waals surface area contributed by atoms with Crippen molar-refractivity contribution in [2.45, 2.75) is 31.9 Å². The highest BCUT2D eigenvalue weighted by Gasteiger charge is 2.19. The molecule has 1 aromatic carbocycles. The summed E-state index contributed by atoms with van der Waals surface area (Å²) in [6.07, 6.45) is 0.267. The third kappa shape index (κ3) is 6.21. The van der Waals surface area contributed by atoms with Crippen LogP contribution in [-0.4, -0.2) is 38.0 Å². The molecule has 1 rings (SSSR count). The maximum absolute atomic E-state index is 12.1. The molecule has 0 radical (unpaired) electrons. The third-order valence-corrected chi connectivity index (χ3v) is 4.78. The average Bonchev–Trinajstić information content (AvgIpc) is 2.43. The predicted octanol–water partition coefficient (Wildman–Crippen LogP) is 2.26. The van der Waals surface area contributed by atoms with E-state index in [9.17, 15) is 13.2 Å². The Morgan fingerprint density at radius 2 is 2.14 bits per heavy atom. The largest absolute Gasteiger partial charge is 0.492 e. The van der Waals surface area contributed by atoms with Gasteiger partial charge in [0.05, 0.1) is 17.5 Å². The molecular formula is C14H22N2O5S. The second-order valence-electron chi connectivity index (χ2n) is 4.85. The monoisotopic (exact) mass is 330 g/mol. The summed E-state index contributed by atoms with van der Waals surface area (Å²) in [6.45, 7) is 3.92. The van der Waals surface area contributed by atoms with E-state index in [2.05, 4.69) is 10.0 Å². The molecule has 7 nitrogen and oxygen atoms in total. The molecule has 1 aromatic rings. The van der Waals surface area contributed by atoms with Gasteiger partial charge in [-0.25, -0.2) is 13.2 Å². The van der Waals surface area contributed by atoms with Gasteiger partial charge in [0.25, 0.3) is 0 Å². The molecule has 22 heavy (non-hydrogen) atoms. The first-order chi connectivity index (χ1) is 10.3. The Labute approximate surface area is 130 Å². The third-order valence-electron chi connectivity index (χ3n) is 2.97. The molecule has 0 heterocycles. The molecule has 0 fully saturated rings. The lowest BCUT2D eigenvalue weighted by molar-refractivity contribution is 0.191. The molecule has 0 saturated carbocycles. The maximum Gasteiger partial charge on any atom is 0.404 e. The van der Waals surface area contributed by atoms with Crippen molar-refractivity contribution in [1.29, 1.82) is 0 Å². The minimum atomic E-state index is -3.42. The molecule has 0 spiro atoms. The van der Waals surface area contributed by atoms with E-state index in [0.717, 1.165) is 6.42 Å². The van der Waals surface area contributed by atoms with Gasteiger partial charge in [-0.05, 0) is 25.5 Å². The number of nitrogens with one attached hydrogen (secondary N) is 2. The minimum absolute atomic E-state index is 0.152. The van der Waals surface area contributed by atoms with Crippen molar-refractivity contribution in [3.05, 3.63) is 24.3 Å². The Morgan fingerprint density at radius 3 is 2.77 bits per heavy atom. The molecule has 124 valence electrons. The summed E-state index contributed by atoms with van der Waals surface area (Å²) in [4.78, 5) is 10.3. The molecule has 0 bridgehead atoms. The number of rotatable bonds is 9. The van der Waals surface area contributed by atoms with Gasteiger partial charge in [-0.2, -0.15) is 0 Å². The van der Waals surface area contributed by atoms with E-state index in [1.54, 1.807) is 31.2 Å². The van der Waals surface area contributed by atoms with Crippen molar-refractivity contribution in [2.75, 3.05) is 17.9 Å². The SMILES string of the molecule is CCCC(C)S(=O)(=O)Nc1cccc(OCCNC(=O)O)c1. The lowest BCUT2D eigenvalue weighted by Crippen LogP contribution is -2.26. The summed E-state index contributed by atoms with van der Waals surface area (Å²) in [5.41, 5.74) is 0.423. The topological polar surface area (TPSA) is 105 Å². The summed E-state index contributed by atoms with van der Waals surface area (Å²) >= 11 is 0. The summed E-state index contributed by atoms with van der Waals surface area (Å²) in [5.74, 6) is 0.468. The standard InChI is InChI=1S/C14H22N2O5S/c1-3-5-11(2)22(19,20)16-12-6-4-7-13(10-12)21-9-8-15-14(17)18/h4,6-7,10-11,15-16H,3,5,8-9H2,1-2H3,(H,17,18). The van der Waals surface area contributed by atoms with Gasteiger partial charge in [-0.15, -0.1) is 0 Å². The van der Waals surface area contributed by atoms with Crippen molar-refractivity contribution in [1.82, 2.24) is 5.32 Å². The van der Waals surface area contributed by atoms with Gasteiger partial charge in [0.15, 0.2) is 0 Å². The fraction of sp³-hybridized carbons (Fsp3) is 0.500. The van der Waals surface area contributed by atoms with E-state index in [1.165, 1.54) is 0 Å². The van der Waals surface area contributed by atoms with E-state index in [4.69, 9.17) is 9.84 Å². The summed E-state index contributed by atoms with van der Waals surface area (Å²) in [7, 11) is -3.42. The molecule has 3 N–H and O–H groups in total. The normalized spacial score (nSPS) is 12.5. The molecule has 1 amide bonds. The van der Waals surface area contributed by atoms with Crippen LogP contribution >= 0.6 is 0 Å². The molecule has 0 aliphatic rings. The Kier molecular flexibility index (Phi) is 6.97. The summed E-state index contributed by atoms with van der Waals surface area (Å²) in [5, 5.41) is 10.1. The van der Waals surface area contributed by atoms with Crippen LogP contribution < -0.4 is 14.8 Å². The van der Waals surface area contributed by atoms with Crippen molar-refractivity contribution in [2.24, 2.45) is 0 Å². The number of ether oxygens (including phenoxy) is 1. The lowest BCUT2D eigenvalue weighted by Gasteiger charge is -2.14. The number of carbonyl (C=O) groups is 1. The van der Waals surface area contributed by atoms with Crippen LogP contribution in [0, 0.1) is 0 Å². The maximum atomic E-state index is 12.1. The van der Waals surface area contributed by atoms with E-state index in [-0.39, 0.29) is 13.2 Å². The number of anilines is 1. The summed E-state index contributed by atoms with van der Waals surface area (Å²) in [6, 6.07) is 6.55. The molecule has 8 heteroatoms. The van der Waals surface area contributed by atoms with Crippen molar-refractivity contribution in [3.63, 3.8) is 0 Å². The van der Waals surface area contributed by atoms with Gasteiger partial charge >= 0.3 is 6.09 Å². The fourth-order valence-corrected chi connectivity index (χ4v) is 3.01. The van der Waals surface area contributed by atoms with Crippen LogP contribution in [0.3, 0.4) is 0 Å². The number of hydrogen-bond acceptors (Lipinski definition) is 4. The van der Waals surface area contributed by atoms with Crippen molar-refractivity contribution in [3.8, 4) is 5.75 Å². The number of sulfonamides is 1. The molecular weight excluding hydrogens is 308 g/mol. The predicted molar refractivity (Wildman–Crippen MR) is 84.9 cm³/mol. The highest BCUT2D eigenvalue weighted by atomic mass is 32.2. The zero-order valence-corrected chi connectivity index (χ0v) is 13.5. The highest BCUT2D eigenvalue weighted by molar-refractivity contribution is 7.93. The first-order valence-electron chi connectivity index (χ1n) is 7.06. The number of hydrogen-bond donors (Lipinski definition) is 3. The van der Waals surface area contributed by atoms with Gasteiger partial charge in [0.2, 0.25) is 10.0 Å². The number of amides is 1. The lowest BCUT2D eigenvalue weighted by atomic mass is 10.3. The van der Waals surface area contributed by atoms with E-state index >= 15 is 0 Å². The van der Waals surface area contributed by atoms with Crippen LogP contribution in [0.5, 0.6) is 5.75 Å². The quantitative estimate of drug-likeness (QED) is 0.602. The van der Waals surface area contributed by atoms with Crippen LogP contribution in [0.4, 0.5) is 10.5 Å².